The van der Waals surface area contributed by atoms with Crippen molar-refractivity contribution in [1.82, 2.24) is 5.32 Å². The molecule has 2 aromatic carbocycles. The van der Waals surface area contributed by atoms with E-state index in [1.165, 1.54) is 18.2 Å². The molecule has 0 aliphatic carbocycles. The molecule has 1 amide bonds. The quantitative estimate of drug-likeness (QED) is 0.880. The van der Waals surface area contributed by atoms with E-state index in [4.69, 9.17) is 0 Å². The maximum atomic E-state index is 12.3. The number of rotatable bonds is 5. The van der Waals surface area contributed by atoms with Crippen molar-refractivity contribution < 1.29 is 18.3 Å². The molecule has 0 saturated heterocycles. The molecule has 6 heteroatoms. The Kier molecular flexibility index (Phi) is 5.27. The van der Waals surface area contributed by atoms with Crippen molar-refractivity contribution >= 4 is 21.8 Å². The van der Waals surface area contributed by atoms with Crippen LogP contribution in [0.5, 0.6) is 5.75 Å². The number of hydrogen-bond donors (Lipinski definition) is 1. The van der Waals surface area contributed by atoms with Crippen molar-refractivity contribution in [2.24, 2.45) is 0 Å². The van der Waals surface area contributed by atoms with E-state index in [-0.39, 0.29) is 11.3 Å². The van der Waals surface area contributed by atoms with Gasteiger partial charge < -0.3 is 10.1 Å². The van der Waals surface area contributed by atoms with Gasteiger partial charge in [0.15, 0.2) is 0 Å². The molecule has 0 spiro atoms. The van der Waals surface area contributed by atoms with Gasteiger partial charge in [-0.1, -0.05) is 40.2 Å². The zero-order chi connectivity index (χ0) is 15.2. The summed E-state index contributed by atoms with van der Waals surface area (Å²) in [5, 5.41) is 2.67. The Morgan fingerprint density at radius 1 is 1.19 bits per heavy atom. The molecule has 2 aromatic rings. The number of amides is 1. The number of halogens is 3. The third-order valence-electron chi connectivity index (χ3n) is 2.69. The first-order valence-corrected chi connectivity index (χ1v) is 6.92. The first-order chi connectivity index (χ1) is 10.1. The van der Waals surface area contributed by atoms with E-state index in [1.54, 1.807) is 6.07 Å². The molecular weight excluding hydrogens is 344 g/mol. The molecule has 110 valence electrons. The van der Waals surface area contributed by atoms with Crippen LogP contribution in [0.15, 0.2) is 53.0 Å². The van der Waals surface area contributed by atoms with Crippen molar-refractivity contribution in [2.45, 2.75) is 13.2 Å². The van der Waals surface area contributed by atoms with Gasteiger partial charge in [-0.2, -0.15) is 8.78 Å². The van der Waals surface area contributed by atoms with Crippen LogP contribution in [0, 0.1) is 0 Å². The largest absolute Gasteiger partial charge is 0.434 e. The van der Waals surface area contributed by atoms with Gasteiger partial charge in [0.1, 0.15) is 5.75 Å². The van der Waals surface area contributed by atoms with Gasteiger partial charge in [0, 0.05) is 11.0 Å². The van der Waals surface area contributed by atoms with Gasteiger partial charge in [0.25, 0.3) is 5.91 Å². The lowest BCUT2D eigenvalue weighted by Crippen LogP contribution is -2.23. The summed E-state index contributed by atoms with van der Waals surface area (Å²) in [6.45, 7) is -2.68. The van der Waals surface area contributed by atoms with E-state index in [0.717, 1.165) is 10.0 Å². The molecule has 2 rings (SSSR count). The zero-order valence-electron chi connectivity index (χ0n) is 10.9. The highest BCUT2D eigenvalue weighted by Crippen LogP contribution is 2.20. The Morgan fingerprint density at radius 2 is 1.95 bits per heavy atom. The van der Waals surface area contributed by atoms with Crippen molar-refractivity contribution in [3.05, 3.63) is 64.1 Å². The van der Waals surface area contributed by atoms with Gasteiger partial charge in [0.2, 0.25) is 0 Å². The third-order valence-corrected chi connectivity index (χ3v) is 3.18. The predicted molar refractivity (Wildman–Crippen MR) is 78.4 cm³/mol. The summed E-state index contributed by atoms with van der Waals surface area (Å²) in [5.41, 5.74) is 0.970. The van der Waals surface area contributed by atoms with Crippen LogP contribution in [0.2, 0.25) is 0 Å². The number of carbonyl (C=O) groups excluding carboxylic acids is 1. The lowest BCUT2D eigenvalue weighted by molar-refractivity contribution is -0.0501. The summed E-state index contributed by atoms with van der Waals surface area (Å²) >= 11 is 3.34. The van der Waals surface area contributed by atoms with Gasteiger partial charge in [-0.15, -0.1) is 0 Å². The normalized spacial score (nSPS) is 10.5. The summed E-state index contributed by atoms with van der Waals surface area (Å²) in [6.07, 6.45) is 0. The van der Waals surface area contributed by atoms with E-state index in [9.17, 15) is 13.6 Å². The summed E-state index contributed by atoms with van der Waals surface area (Å²) in [5.74, 6) is -0.606. The third kappa shape index (κ3) is 4.53. The second-order valence-electron chi connectivity index (χ2n) is 4.19. The van der Waals surface area contributed by atoms with Crippen molar-refractivity contribution in [3.8, 4) is 5.75 Å². The average molecular weight is 356 g/mol. The molecule has 0 unspecified atom stereocenters. The van der Waals surface area contributed by atoms with Gasteiger partial charge in [-0.3, -0.25) is 4.79 Å². The smallest absolute Gasteiger partial charge is 0.387 e. The van der Waals surface area contributed by atoms with Gasteiger partial charge >= 0.3 is 6.61 Å². The number of ether oxygens (including phenoxy) is 1. The van der Waals surface area contributed by atoms with Crippen LogP contribution >= 0.6 is 15.9 Å². The summed E-state index contributed by atoms with van der Waals surface area (Å²) < 4.78 is 29.8. The predicted octanol–water partition coefficient (Wildman–Crippen LogP) is 3.98. The molecule has 0 heterocycles. The summed E-state index contributed by atoms with van der Waals surface area (Å²) in [7, 11) is 0. The summed E-state index contributed by atoms with van der Waals surface area (Å²) in [6, 6.07) is 13.3. The Morgan fingerprint density at radius 3 is 2.67 bits per heavy atom. The van der Waals surface area contributed by atoms with Crippen LogP contribution in [0.3, 0.4) is 0 Å². The lowest BCUT2D eigenvalue weighted by Gasteiger charge is -2.11. The number of carbonyl (C=O) groups is 1. The van der Waals surface area contributed by atoms with E-state index in [2.05, 4.69) is 26.0 Å². The number of nitrogens with one attached hydrogen (secondary N) is 1. The van der Waals surface area contributed by atoms with Crippen LogP contribution in [0.25, 0.3) is 0 Å². The Bertz CT molecular complexity index is 635. The van der Waals surface area contributed by atoms with Crippen molar-refractivity contribution in [2.75, 3.05) is 0 Å². The highest BCUT2D eigenvalue weighted by Gasteiger charge is 2.14. The van der Waals surface area contributed by atoms with E-state index < -0.39 is 12.5 Å². The van der Waals surface area contributed by atoms with Crippen molar-refractivity contribution in [3.63, 3.8) is 0 Å². The molecule has 0 bridgehead atoms. The van der Waals surface area contributed by atoms with E-state index >= 15 is 0 Å². The van der Waals surface area contributed by atoms with Gasteiger partial charge in [0.05, 0.1) is 5.56 Å². The van der Waals surface area contributed by atoms with Crippen LogP contribution in [-0.4, -0.2) is 12.5 Å². The molecule has 0 fully saturated rings. The molecule has 0 saturated carbocycles. The average Bonchev–Trinajstić information content (AvgIpc) is 2.45. The fourth-order valence-electron chi connectivity index (χ4n) is 1.78. The molecule has 1 N–H and O–H groups in total. The number of alkyl halides is 2. The number of benzene rings is 2. The molecule has 21 heavy (non-hydrogen) atoms. The SMILES string of the molecule is O=C(NCc1cccc(Br)c1)c1ccccc1OC(F)F. The Hall–Kier alpha value is -1.95. The highest BCUT2D eigenvalue weighted by molar-refractivity contribution is 9.10. The minimum Gasteiger partial charge on any atom is -0.434 e. The molecule has 0 aromatic heterocycles. The Balaban J connectivity index is 2.07. The van der Waals surface area contributed by atoms with Crippen LogP contribution in [0.1, 0.15) is 15.9 Å². The fraction of sp³-hybridized carbons (Fsp3) is 0.133. The van der Waals surface area contributed by atoms with E-state index in [1.807, 2.05) is 24.3 Å². The second-order valence-corrected chi connectivity index (χ2v) is 5.10. The topological polar surface area (TPSA) is 38.3 Å². The van der Waals surface area contributed by atoms with Crippen LogP contribution < -0.4 is 10.1 Å². The van der Waals surface area contributed by atoms with Gasteiger partial charge in [-0.25, -0.2) is 0 Å². The Labute approximate surface area is 129 Å². The van der Waals surface area contributed by atoms with Crippen molar-refractivity contribution in [1.29, 1.82) is 0 Å². The molecular formula is C15H12BrF2NO2. The second kappa shape index (κ2) is 7.17. The maximum absolute atomic E-state index is 12.3. The minimum absolute atomic E-state index is 0.0767. The van der Waals surface area contributed by atoms with Crippen LogP contribution in [0.4, 0.5) is 8.78 Å². The number of hydrogen-bond acceptors (Lipinski definition) is 2. The summed E-state index contributed by atoms with van der Waals surface area (Å²) in [4.78, 5) is 12.1. The molecule has 0 aliphatic rings. The standard InChI is InChI=1S/C15H12BrF2NO2/c16-11-5-3-4-10(8-11)9-19-14(20)12-6-1-2-7-13(12)21-15(17)18/h1-8,15H,9H2,(H,19,20). The first kappa shape index (κ1) is 15.4. The molecule has 3 nitrogen and oxygen atoms in total. The zero-order valence-corrected chi connectivity index (χ0v) is 12.4. The molecule has 0 radical (unpaired) electrons. The molecule has 0 aliphatic heterocycles. The van der Waals surface area contributed by atoms with Gasteiger partial charge in [-0.05, 0) is 29.8 Å². The highest BCUT2D eigenvalue weighted by atomic mass is 79.9. The van der Waals surface area contributed by atoms with Crippen LogP contribution in [-0.2, 0) is 6.54 Å². The minimum atomic E-state index is -2.97. The first-order valence-electron chi connectivity index (χ1n) is 6.13. The monoisotopic (exact) mass is 355 g/mol. The fourth-order valence-corrected chi connectivity index (χ4v) is 2.22. The lowest BCUT2D eigenvalue weighted by atomic mass is 10.1. The maximum Gasteiger partial charge on any atom is 0.387 e. The van der Waals surface area contributed by atoms with E-state index in [0.29, 0.717) is 6.54 Å². The number of para-hydroxylation sites is 1. The molecule has 0 atom stereocenters.